The van der Waals surface area contributed by atoms with Gasteiger partial charge in [0.1, 0.15) is 5.82 Å². The maximum atomic E-state index is 4.84. The quantitative estimate of drug-likeness (QED) is 0.822. The summed E-state index contributed by atoms with van der Waals surface area (Å²) in [6.07, 6.45) is 1.19. The smallest absolute Gasteiger partial charge is 0.129 e. The molecular formula is C17H31N3. The minimum absolute atomic E-state index is 0.458. The number of pyridine rings is 1. The van der Waals surface area contributed by atoms with Gasteiger partial charge in [-0.25, -0.2) is 4.98 Å². The minimum atomic E-state index is 0.458. The molecule has 1 N–H and O–H groups in total. The van der Waals surface area contributed by atoms with Crippen molar-refractivity contribution in [2.75, 3.05) is 19.0 Å². The van der Waals surface area contributed by atoms with Crippen LogP contribution in [-0.2, 0) is 6.54 Å². The van der Waals surface area contributed by atoms with Crippen molar-refractivity contribution in [1.82, 2.24) is 10.3 Å². The zero-order chi connectivity index (χ0) is 15.3. The van der Waals surface area contributed by atoms with Crippen molar-refractivity contribution in [3.8, 4) is 0 Å². The third-order valence-electron chi connectivity index (χ3n) is 3.70. The van der Waals surface area contributed by atoms with Gasteiger partial charge in [-0.3, -0.25) is 0 Å². The number of hydrogen-bond donors (Lipinski definition) is 1. The number of aromatic nitrogens is 1. The second kappa shape index (κ2) is 7.63. The average molecular weight is 277 g/mol. The van der Waals surface area contributed by atoms with E-state index in [2.05, 4.69) is 64.0 Å². The molecule has 20 heavy (non-hydrogen) atoms. The molecule has 1 rings (SSSR count). The molecule has 3 nitrogen and oxygen atoms in total. The Morgan fingerprint density at radius 2 is 1.80 bits per heavy atom. The van der Waals surface area contributed by atoms with Crippen molar-refractivity contribution < 1.29 is 0 Å². The highest BCUT2D eigenvalue weighted by Crippen LogP contribution is 2.22. The number of nitrogens with one attached hydrogen (secondary N) is 1. The van der Waals surface area contributed by atoms with Crippen molar-refractivity contribution in [2.45, 2.75) is 59.5 Å². The van der Waals surface area contributed by atoms with Crippen LogP contribution >= 0.6 is 0 Å². The van der Waals surface area contributed by atoms with Gasteiger partial charge in [0.2, 0.25) is 0 Å². The van der Waals surface area contributed by atoms with Gasteiger partial charge in [0.05, 0.1) is 0 Å². The van der Waals surface area contributed by atoms with Crippen molar-refractivity contribution in [3.63, 3.8) is 0 Å². The summed E-state index contributed by atoms with van der Waals surface area (Å²) < 4.78 is 0. The molecule has 0 aliphatic carbocycles. The van der Waals surface area contributed by atoms with Crippen LogP contribution in [0, 0.1) is 5.92 Å². The number of hydrogen-bond acceptors (Lipinski definition) is 3. The van der Waals surface area contributed by atoms with Crippen LogP contribution in [0.1, 0.15) is 58.2 Å². The lowest BCUT2D eigenvalue weighted by Gasteiger charge is -2.28. The first-order valence-electron chi connectivity index (χ1n) is 7.73. The van der Waals surface area contributed by atoms with Crippen LogP contribution < -0.4 is 10.2 Å². The Morgan fingerprint density at radius 1 is 1.15 bits per heavy atom. The minimum Gasteiger partial charge on any atom is -0.357 e. The molecule has 0 saturated heterocycles. The molecule has 1 aromatic heterocycles. The highest BCUT2D eigenvalue weighted by molar-refractivity contribution is 5.43. The van der Waals surface area contributed by atoms with Gasteiger partial charge in [-0.2, -0.15) is 0 Å². The van der Waals surface area contributed by atoms with E-state index >= 15 is 0 Å². The van der Waals surface area contributed by atoms with E-state index in [1.165, 1.54) is 17.7 Å². The van der Waals surface area contributed by atoms with Gasteiger partial charge >= 0.3 is 0 Å². The van der Waals surface area contributed by atoms with Crippen molar-refractivity contribution in [3.05, 3.63) is 23.4 Å². The molecule has 0 bridgehead atoms. The fourth-order valence-electron chi connectivity index (χ4n) is 2.44. The standard InChI is InChI=1S/C17H31N3/c1-12(2)8-14(5)20(7)17-10-15(11-18-6)9-16(19-17)13(3)4/h9-10,12-14,18H,8,11H2,1-7H3. The first-order chi connectivity index (χ1) is 9.35. The van der Waals surface area contributed by atoms with E-state index < -0.39 is 0 Å². The lowest BCUT2D eigenvalue weighted by atomic mass is 10.0. The molecule has 3 heteroatoms. The predicted octanol–water partition coefficient (Wildman–Crippen LogP) is 3.80. The second-order valence-corrected chi connectivity index (χ2v) is 6.53. The molecule has 1 heterocycles. The van der Waals surface area contributed by atoms with Crippen LogP contribution in [0.15, 0.2) is 12.1 Å². The first-order valence-corrected chi connectivity index (χ1v) is 7.73. The van der Waals surface area contributed by atoms with Gasteiger partial charge in [0.15, 0.2) is 0 Å². The molecule has 0 amide bonds. The van der Waals surface area contributed by atoms with Gasteiger partial charge in [-0.05, 0) is 49.9 Å². The molecule has 114 valence electrons. The fourth-order valence-corrected chi connectivity index (χ4v) is 2.44. The largest absolute Gasteiger partial charge is 0.357 e. The van der Waals surface area contributed by atoms with E-state index in [0.717, 1.165) is 12.4 Å². The van der Waals surface area contributed by atoms with E-state index in [1.54, 1.807) is 0 Å². The molecule has 1 aromatic rings. The molecule has 0 spiro atoms. The fraction of sp³-hybridized carbons (Fsp3) is 0.706. The van der Waals surface area contributed by atoms with Gasteiger partial charge < -0.3 is 10.2 Å². The Bertz CT molecular complexity index is 413. The van der Waals surface area contributed by atoms with Crippen LogP contribution in [0.25, 0.3) is 0 Å². The lowest BCUT2D eigenvalue weighted by Crippen LogP contribution is -2.31. The van der Waals surface area contributed by atoms with E-state index in [1.807, 2.05) is 7.05 Å². The third kappa shape index (κ3) is 4.78. The Hall–Kier alpha value is -1.09. The van der Waals surface area contributed by atoms with E-state index in [9.17, 15) is 0 Å². The zero-order valence-corrected chi connectivity index (χ0v) is 14.2. The number of nitrogens with zero attached hydrogens (tertiary/aromatic N) is 2. The van der Waals surface area contributed by atoms with E-state index in [-0.39, 0.29) is 0 Å². The molecule has 0 fully saturated rings. The summed E-state index contributed by atoms with van der Waals surface area (Å²) in [5.74, 6) is 2.26. The van der Waals surface area contributed by atoms with Gasteiger partial charge in [-0.15, -0.1) is 0 Å². The normalized spacial score (nSPS) is 13.1. The van der Waals surface area contributed by atoms with Gasteiger partial charge in [0, 0.05) is 25.3 Å². The van der Waals surface area contributed by atoms with Crippen LogP contribution in [0.4, 0.5) is 5.82 Å². The summed E-state index contributed by atoms with van der Waals surface area (Å²) >= 11 is 0. The SMILES string of the molecule is CNCc1cc(C(C)C)nc(N(C)C(C)CC(C)C)c1. The molecule has 0 radical (unpaired) electrons. The maximum Gasteiger partial charge on any atom is 0.129 e. The number of rotatable bonds is 7. The average Bonchev–Trinajstić information content (AvgIpc) is 2.37. The van der Waals surface area contributed by atoms with Crippen molar-refractivity contribution in [1.29, 1.82) is 0 Å². The summed E-state index contributed by atoms with van der Waals surface area (Å²) in [5, 5.41) is 3.23. The zero-order valence-electron chi connectivity index (χ0n) is 14.2. The van der Waals surface area contributed by atoms with Crippen LogP contribution in [-0.4, -0.2) is 25.1 Å². The molecule has 0 saturated carbocycles. The lowest BCUT2D eigenvalue weighted by molar-refractivity contribution is 0.501. The molecule has 1 unspecified atom stereocenters. The third-order valence-corrected chi connectivity index (χ3v) is 3.70. The van der Waals surface area contributed by atoms with E-state index in [4.69, 9.17) is 4.98 Å². The van der Waals surface area contributed by atoms with Gasteiger partial charge in [-0.1, -0.05) is 27.7 Å². The summed E-state index contributed by atoms with van der Waals surface area (Å²) in [6, 6.07) is 4.93. The topological polar surface area (TPSA) is 28.2 Å². The monoisotopic (exact) mass is 277 g/mol. The first kappa shape index (κ1) is 17.0. The Balaban J connectivity index is 3.02. The molecule has 0 aliphatic rings. The summed E-state index contributed by atoms with van der Waals surface area (Å²) in [5.41, 5.74) is 2.49. The van der Waals surface area contributed by atoms with Crippen LogP contribution in [0.5, 0.6) is 0 Å². The predicted molar refractivity (Wildman–Crippen MR) is 88.4 cm³/mol. The second-order valence-electron chi connectivity index (χ2n) is 6.53. The molecule has 0 aromatic carbocycles. The Kier molecular flexibility index (Phi) is 6.47. The Labute approximate surface area is 124 Å². The highest BCUT2D eigenvalue weighted by atomic mass is 15.2. The van der Waals surface area contributed by atoms with Crippen molar-refractivity contribution >= 4 is 5.82 Å². The molecular weight excluding hydrogens is 246 g/mol. The van der Waals surface area contributed by atoms with Crippen LogP contribution in [0.2, 0.25) is 0 Å². The number of anilines is 1. The highest BCUT2D eigenvalue weighted by Gasteiger charge is 2.15. The summed E-state index contributed by atoms with van der Waals surface area (Å²) in [4.78, 5) is 7.15. The van der Waals surface area contributed by atoms with Crippen LogP contribution in [0.3, 0.4) is 0 Å². The Morgan fingerprint density at radius 3 is 2.30 bits per heavy atom. The summed E-state index contributed by atoms with van der Waals surface area (Å²) in [6.45, 7) is 12.1. The van der Waals surface area contributed by atoms with E-state index in [0.29, 0.717) is 17.9 Å². The molecule has 1 atom stereocenters. The molecule has 0 aliphatic heterocycles. The maximum absolute atomic E-state index is 4.84. The van der Waals surface area contributed by atoms with Gasteiger partial charge in [0.25, 0.3) is 0 Å². The summed E-state index contributed by atoms with van der Waals surface area (Å²) in [7, 11) is 4.14. The van der Waals surface area contributed by atoms with Crippen molar-refractivity contribution in [2.24, 2.45) is 5.92 Å².